The van der Waals surface area contributed by atoms with E-state index >= 15 is 0 Å². The second-order valence-electron chi connectivity index (χ2n) is 6.07. The van der Waals surface area contributed by atoms with Crippen LogP contribution in [0, 0.1) is 10.1 Å². The van der Waals surface area contributed by atoms with Crippen molar-refractivity contribution in [2.24, 2.45) is 0 Å². The number of benzene rings is 2. The lowest BCUT2D eigenvalue weighted by Crippen LogP contribution is -2.26. The van der Waals surface area contributed by atoms with E-state index in [0.717, 1.165) is 11.0 Å². The monoisotopic (exact) mass is 349 g/mol. The Labute approximate surface area is 147 Å². The summed E-state index contributed by atoms with van der Waals surface area (Å²) in [6, 6.07) is 13.6. The summed E-state index contributed by atoms with van der Waals surface area (Å²) in [4.78, 5) is 25.9. The van der Waals surface area contributed by atoms with E-state index in [-0.39, 0.29) is 17.6 Å². The van der Waals surface area contributed by atoms with Crippen molar-refractivity contribution < 1.29 is 14.1 Å². The van der Waals surface area contributed by atoms with Crippen molar-refractivity contribution >= 4 is 33.5 Å². The summed E-state index contributed by atoms with van der Waals surface area (Å²) in [5, 5.41) is 15.4. The Kier molecular flexibility index (Phi) is 3.69. The number of fused-ring (bicyclic) bond motifs is 2. The minimum atomic E-state index is -0.469. The van der Waals surface area contributed by atoms with Crippen LogP contribution in [0.5, 0.6) is 0 Å². The highest BCUT2D eigenvalue weighted by Gasteiger charge is 2.19. The van der Waals surface area contributed by atoms with Gasteiger partial charge in [-0.25, -0.2) is 0 Å². The highest BCUT2D eigenvalue weighted by atomic mass is 16.6. The third kappa shape index (κ3) is 2.69. The predicted molar refractivity (Wildman–Crippen MR) is 97.0 cm³/mol. The Morgan fingerprint density at radius 2 is 2.04 bits per heavy atom. The maximum atomic E-state index is 12.6. The molecule has 0 saturated carbocycles. The predicted octanol–water partition coefficient (Wildman–Crippen LogP) is 4.31. The minimum Gasteiger partial charge on any atom is -0.459 e. The Hall–Kier alpha value is -3.61. The molecule has 0 aliphatic rings. The van der Waals surface area contributed by atoms with Crippen LogP contribution in [-0.4, -0.2) is 15.8 Å². The van der Waals surface area contributed by atoms with Crippen molar-refractivity contribution in [1.82, 2.24) is 10.3 Å². The van der Waals surface area contributed by atoms with Gasteiger partial charge < -0.3 is 14.7 Å². The second-order valence-corrected chi connectivity index (χ2v) is 6.07. The van der Waals surface area contributed by atoms with Gasteiger partial charge in [0.1, 0.15) is 11.3 Å². The van der Waals surface area contributed by atoms with Crippen LogP contribution in [0.25, 0.3) is 21.9 Å². The molecule has 2 aromatic carbocycles. The number of aromatic nitrogens is 1. The average molecular weight is 349 g/mol. The zero-order chi connectivity index (χ0) is 18.3. The first-order valence-corrected chi connectivity index (χ1v) is 8.08. The smallest absolute Gasteiger partial charge is 0.271 e. The lowest BCUT2D eigenvalue weighted by atomic mass is 10.1. The van der Waals surface area contributed by atoms with Crippen LogP contribution < -0.4 is 5.32 Å². The molecule has 4 rings (SSSR count). The molecule has 7 heteroatoms. The Bertz CT molecular complexity index is 1110. The number of carbonyl (C=O) groups is 1. The molecule has 4 aromatic rings. The van der Waals surface area contributed by atoms with E-state index in [1.807, 2.05) is 37.3 Å². The number of para-hydroxylation sites is 1. The van der Waals surface area contributed by atoms with Gasteiger partial charge in [-0.05, 0) is 25.1 Å². The van der Waals surface area contributed by atoms with Crippen LogP contribution in [0.3, 0.4) is 0 Å². The lowest BCUT2D eigenvalue weighted by molar-refractivity contribution is -0.384. The molecular formula is C19H15N3O4. The van der Waals surface area contributed by atoms with E-state index < -0.39 is 4.92 Å². The fraction of sp³-hybridized carbons (Fsp3) is 0.105. The summed E-state index contributed by atoms with van der Waals surface area (Å²) in [6.45, 7) is 1.84. The molecule has 0 unspecified atom stereocenters. The minimum absolute atomic E-state index is 0.0260. The van der Waals surface area contributed by atoms with Gasteiger partial charge in [0.05, 0.1) is 22.0 Å². The standard InChI is InChI=1S/C19H15N3O4/c1-11(18-8-12-4-2-3-5-17(12)26-18)21-19(23)15-10-20-16-9-13(22(24)25)6-7-14(15)16/h2-11,20H,1H3,(H,21,23)/t11-/m1/s1. The summed E-state index contributed by atoms with van der Waals surface area (Å²) < 4.78 is 5.78. The van der Waals surface area contributed by atoms with Crippen LogP contribution in [0.2, 0.25) is 0 Å². The molecular weight excluding hydrogens is 334 g/mol. The Balaban J connectivity index is 1.59. The lowest BCUT2D eigenvalue weighted by Gasteiger charge is -2.10. The molecule has 0 radical (unpaired) electrons. The van der Waals surface area contributed by atoms with Crippen molar-refractivity contribution in [2.45, 2.75) is 13.0 Å². The number of nitrogens with one attached hydrogen (secondary N) is 2. The van der Waals surface area contributed by atoms with Crippen molar-refractivity contribution in [3.8, 4) is 0 Å². The maximum Gasteiger partial charge on any atom is 0.271 e. The molecule has 1 atom stereocenters. The fourth-order valence-corrected chi connectivity index (χ4v) is 2.98. The number of non-ortho nitro benzene ring substituents is 1. The number of nitro benzene ring substituents is 1. The van der Waals surface area contributed by atoms with Crippen molar-refractivity contribution in [2.75, 3.05) is 0 Å². The number of furan rings is 1. The van der Waals surface area contributed by atoms with E-state index in [2.05, 4.69) is 10.3 Å². The van der Waals surface area contributed by atoms with E-state index in [1.54, 1.807) is 12.3 Å². The van der Waals surface area contributed by atoms with Crippen LogP contribution >= 0.6 is 0 Å². The van der Waals surface area contributed by atoms with Gasteiger partial charge >= 0.3 is 0 Å². The van der Waals surface area contributed by atoms with Crippen molar-refractivity contribution in [1.29, 1.82) is 0 Å². The molecule has 130 valence electrons. The molecule has 1 amide bonds. The van der Waals surface area contributed by atoms with Gasteiger partial charge in [-0.1, -0.05) is 18.2 Å². The first-order chi connectivity index (χ1) is 12.5. The van der Waals surface area contributed by atoms with Crippen LogP contribution in [0.15, 0.2) is 59.1 Å². The molecule has 0 aliphatic carbocycles. The van der Waals surface area contributed by atoms with Gasteiger partial charge in [-0.3, -0.25) is 14.9 Å². The van der Waals surface area contributed by atoms with Crippen LogP contribution in [0.1, 0.15) is 29.1 Å². The molecule has 2 N–H and O–H groups in total. The zero-order valence-electron chi connectivity index (χ0n) is 13.9. The topological polar surface area (TPSA) is 101 Å². The number of hydrogen-bond acceptors (Lipinski definition) is 4. The zero-order valence-corrected chi connectivity index (χ0v) is 13.9. The van der Waals surface area contributed by atoms with Crippen LogP contribution in [-0.2, 0) is 0 Å². The quantitative estimate of drug-likeness (QED) is 0.423. The largest absolute Gasteiger partial charge is 0.459 e. The van der Waals surface area contributed by atoms with Gasteiger partial charge in [0.25, 0.3) is 11.6 Å². The molecule has 0 spiro atoms. The SMILES string of the molecule is C[C@@H](NC(=O)c1c[nH]c2cc([N+](=O)[O-])ccc12)c1cc2ccccc2o1. The van der Waals surface area contributed by atoms with Crippen molar-refractivity contribution in [3.63, 3.8) is 0 Å². The molecule has 26 heavy (non-hydrogen) atoms. The van der Waals surface area contributed by atoms with Gasteiger partial charge in [0.15, 0.2) is 0 Å². The van der Waals surface area contributed by atoms with Gasteiger partial charge in [0.2, 0.25) is 0 Å². The highest BCUT2D eigenvalue weighted by molar-refractivity contribution is 6.07. The highest BCUT2D eigenvalue weighted by Crippen LogP contribution is 2.26. The number of aromatic amines is 1. The number of H-pyrrole nitrogens is 1. The first kappa shape index (κ1) is 15.9. The average Bonchev–Trinajstić information content (AvgIpc) is 3.25. The number of hydrogen-bond donors (Lipinski definition) is 2. The number of nitrogens with zero attached hydrogens (tertiary/aromatic N) is 1. The third-order valence-corrected chi connectivity index (χ3v) is 4.34. The van der Waals surface area contributed by atoms with E-state index in [1.165, 1.54) is 12.1 Å². The second kappa shape index (κ2) is 6.03. The van der Waals surface area contributed by atoms with Crippen LogP contribution in [0.4, 0.5) is 5.69 Å². The third-order valence-electron chi connectivity index (χ3n) is 4.34. The van der Waals surface area contributed by atoms with Gasteiger partial charge in [-0.15, -0.1) is 0 Å². The summed E-state index contributed by atoms with van der Waals surface area (Å²) in [5.74, 6) is 0.382. The summed E-state index contributed by atoms with van der Waals surface area (Å²) in [6.07, 6.45) is 1.55. The summed E-state index contributed by atoms with van der Waals surface area (Å²) >= 11 is 0. The van der Waals surface area contributed by atoms with Gasteiger partial charge in [0, 0.05) is 29.1 Å². The first-order valence-electron chi connectivity index (χ1n) is 8.08. The molecule has 2 heterocycles. The number of nitro groups is 1. The summed E-state index contributed by atoms with van der Waals surface area (Å²) in [5.41, 5.74) is 1.71. The molecule has 0 fully saturated rings. The number of amides is 1. The number of carbonyl (C=O) groups excluding carboxylic acids is 1. The number of rotatable bonds is 4. The molecule has 0 saturated heterocycles. The fourth-order valence-electron chi connectivity index (χ4n) is 2.98. The summed E-state index contributed by atoms with van der Waals surface area (Å²) in [7, 11) is 0. The van der Waals surface area contributed by atoms with E-state index in [4.69, 9.17) is 4.42 Å². The van der Waals surface area contributed by atoms with Gasteiger partial charge in [-0.2, -0.15) is 0 Å². The van der Waals surface area contributed by atoms with E-state index in [9.17, 15) is 14.9 Å². The molecule has 0 aliphatic heterocycles. The molecule has 0 bridgehead atoms. The Morgan fingerprint density at radius 3 is 2.81 bits per heavy atom. The normalized spacial score (nSPS) is 12.3. The van der Waals surface area contributed by atoms with E-state index in [0.29, 0.717) is 22.2 Å². The molecule has 7 nitrogen and oxygen atoms in total. The van der Waals surface area contributed by atoms with Crippen molar-refractivity contribution in [3.05, 3.63) is 76.2 Å². The maximum absolute atomic E-state index is 12.6. The molecule has 2 aromatic heterocycles. The Morgan fingerprint density at radius 1 is 1.23 bits per heavy atom.